The van der Waals surface area contributed by atoms with Crippen molar-refractivity contribution in [1.82, 2.24) is 14.3 Å². The average molecular weight is 351 g/mol. The fourth-order valence-corrected chi connectivity index (χ4v) is 4.33. The zero-order valence-electron chi connectivity index (χ0n) is 14.3. The van der Waals surface area contributed by atoms with Crippen molar-refractivity contribution < 1.29 is 4.74 Å². The largest absolute Gasteiger partial charge is 0.497 e. The molecule has 0 radical (unpaired) electrons. The van der Waals surface area contributed by atoms with E-state index in [0.29, 0.717) is 5.92 Å². The Hall–Kier alpha value is -2.11. The molecule has 25 heavy (non-hydrogen) atoms. The number of aromatic nitrogens is 2. The second kappa shape index (κ2) is 7.42. The van der Waals surface area contributed by atoms with Gasteiger partial charge in [0.25, 0.3) is 0 Å². The van der Waals surface area contributed by atoms with Crippen LogP contribution in [-0.4, -0.2) is 34.5 Å². The Balaban J connectivity index is 1.48. The monoisotopic (exact) mass is 351 g/mol. The van der Waals surface area contributed by atoms with E-state index in [4.69, 9.17) is 4.74 Å². The van der Waals surface area contributed by atoms with Crippen molar-refractivity contribution in [3.8, 4) is 5.75 Å². The Labute approximate surface area is 152 Å². The van der Waals surface area contributed by atoms with Crippen LogP contribution in [0.5, 0.6) is 5.75 Å². The Morgan fingerprint density at radius 2 is 1.84 bits per heavy atom. The molecule has 1 aliphatic heterocycles. The molecule has 0 bridgehead atoms. The van der Waals surface area contributed by atoms with Gasteiger partial charge in [-0.3, -0.25) is 0 Å². The molecule has 4 rings (SSSR count). The number of hydrogen-bond donors (Lipinski definition) is 0. The van der Waals surface area contributed by atoms with Gasteiger partial charge in [0.1, 0.15) is 12.1 Å². The Kier molecular flexibility index (Phi) is 4.85. The predicted molar refractivity (Wildman–Crippen MR) is 102 cm³/mol. The number of hydrogen-bond acceptors (Lipinski definition) is 5. The van der Waals surface area contributed by atoms with Crippen LogP contribution < -0.4 is 4.74 Å². The number of piperidine rings is 1. The molecule has 1 aromatic heterocycles. The predicted octanol–water partition coefficient (Wildman–Crippen LogP) is 4.53. The Bertz CT molecular complexity index is 848. The molecule has 2 heterocycles. The van der Waals surface area contributed by atoms with Gasteiger partial charge in [-0.15, -0.1) is 0 Å². The topological polar surface area (TPSA) is 38.2 Å². The van der Waals surface area contributed by atoms with Crippen molar-refractivity contribution in [2.45, 2.75) is 23.7 Å². The molecular weight excluding hydrogens is 330 g/mol. The summed E-state index contributed by atoms with van der Waals surface area (Å²) >= 11 is 1.85. The molecule has 0 aliphatic carbocycles. The van der Waals surface area contributed by atoms with Gasteiger partial charge in [0.2, 0.25) is 0 Å². The summed E-state index contributed by atoms with van der Waals surface area (Å²) in [5, 5.41) is 1.15. The van der Waals surface area contributed by atoms with Crippen LogP contribution >= 0.6 is 11.9 Å². The number of nitrogens with zero attached hydrogens (tertiary/aromatic N) is 3. The van der Waals surface area contributed by atoms with Crippen LogP contribution in [0.15, 0.2) is 59.8 Å². The highest BCUT2D eigenvalue weighted by Crippen LogP contribution is 2.35. The smallest absolute Gasteiger partial charge is 0.121 e. The van der Waals surface area contributed by atoms with Gasteiger partial charge in [0, 0.05) is 35.4 Å². The first-order valence-electron chi connectivity index (χ1n) is 8.60. The van der Waals surface area contributed by atoms with E-state index >= 15 is 0 Å². The van der Waals surface area contributed by atoms with Gasteiger partial charge < -0.3 is 4.74 Å². The molecule has 3 aromatic rings. The highest BCUT2D eigenvalue weighted by Gasteiger charge is 2.24. The lowest BCUT2D eigenvalue weighted by molar-refractivity contribution is 0.343. The fourth-order valence-electron chi connectivity index (χ4n) is 3.36. The highest BCUT2D eigenvalue weighted by molar-refractivity contribution is 7.97. The third kappa shape index (κ3) is 3.62. The standard InChI is InChI=1S/C20H21N3OS/c1-24-16-7-8-18-19(13-16)21-14-22-20(18)15-9-11-23(12-10-15)25-17-5-3-2-4-6-17/h2-8,13-15H,9-12H2,1H3. The number of ether oxygens (including phenoxy) is 1. The Morgan fingerprint density at radius 3 is 2.60 bits per heavy atom. The summed E-state index contributed by atoms with van der Waals surface area (Å²) < 4.78 is 7.77. The lowest BCUT2D eigenvalue weighted by Gasteiger charge is -2.31. The van der Waals surface area contributed by atoms with Gasteiger partial charge in [-0.1, -0.05) is 18.2 Å². The van der Waals surface area contributed by atoms with E-state index in [1.807, 2.05) is 24.1 Å². The zero-order chi connectivity index (χ0) is 17.1. The fraction of sp³-hybridized carbons (Fsp3) is 0.300. The van der Waals surface area contributed by atoms with Gasteiger partial charge in [-0.2, -0.15) is 0 Å². The van der Waals surface area contributed by atoms with Gasteiger partial charge in [-0.25, -0.2) is 14.3 Å². The molecule has 5 heteroatoms. The maximum Gasteiger partial charge on any atom is 0.121 e. The normalized spacial score (nSPS) is 16.2. The summed E-state index contributed by atoms with van der Waals surface area (Å²) in [4.78, 5) is 10.3. The van der Waals surface area contributed by atoms with Crippen LogP contribution in [0.2, 0.25) is 0 Å². The lowest BCUT2D eigenvalue weighted by atomic mass is 9.92. The van der Waals surface area contributed by atoms with E-state index in [1.54, 1.807) is 13.4 Å². The summed E-state index contributed by atoms with van der Waals surface area (Å²) in [5.41, 5.74) is 2.14. The van der Waals surface area contributed by atoms with Crippen LogP contribution in [0, 0.1) is 0 Å². The molecule has 0 amide bonds. The summed E-state index contributed by atoms with van der Waals surface area (Å²) in [7, 11) is 1.68. The maximum absolute atomic E-state index is 5.31. The molecule has 128 valence electrons. The minimum atomic E-state index is 0.492. The van der Waals surface area contributed by atoms with Crippen molar-refractivity contribution in [3.05, 3.63) is 60.6 Å². The second-order valence-electron chi connectivity index (χ2n) is 6.25. The zero-order valence-corrected chi connectivity index (χ0v) is 15.1. The first kappa shape index (κ1) is 16.4. The molecule has 0 N–H and O–H groups in total. The van der Waals surface area contributed by atoms with Crippen molar-refractivity contribution >= 4 is 22.9 Å². The van der Waals surface area contributed by atoms with Gasteiger partial charge >= 0.3 is 0 Å². The van der Waals surface area contributed by atoms with Crippen LogP contribution in [0.4, 0.5) is 0 Å². The Morgan fingerprint density at radius 1 is 1.04 bits per heavy atom. The third-order valence-corrected chi connectivity index (χ3v) is 5.80. The van der Waals surface area contributed by atoms with E-state index in [0.717, 1.165) is 42.6 Å². The molecular formula is C20H21N3OS. The van der Waals surface area contributed by atoms with Crippen molar-refractivity contribution in [3.63, 3.8) is 0 Å². The van der Waals surface area contributed by atoms with E-state index in [9.17, 15) is 0 Å². The quantitative estimate of drug-likeness (QED) is 0.646. The molecule has 2 aromatic carbocycles. The van der Waals surface area contributed by atoms with Crippen LogP contribution in [0.3, 0.4) is 0 Å². The summed E-state index contributed by atoms with van der Waals surface area (Å²) in [6.45, 7) is 2.15. The molecule has 0 spiro atoms. The maximum atomic E-state index is 5.31. The van der Waals surface area contributed by atoms with E-state index in [2.05, 4.69) is 50.7 Å². The van der Waals surface area contributed by atoms with Crippen LogP contribution in [0.25, 0.3) is 10.9 Å². The minimum Gasteiger partial charge on any atom is -0.497 e. The van der Waals surface area contributed by atoms with Crippen molar-refractivity contribution in [2.75, 3.05) is 20.2 Å². The van der Waals surface area contributed by atoms with Crippen LogP contribution in [-0.2, 0) is 0 Å². The molecule has 0 saturated carbocycles. The van der Waals surface area contributed by atoms with Crippen molar-refractivity contribution in [1.29, 1.82) is 0 Å². The molecule has 0 unspecified atom stereocenters. The SMILES string of the molecule is COc1ccc2c(C3CCN(Sc4ccccc4)CC3)ncnc2c1. The number of fused-ring (bicyclic) bond motifs is 1. The highest BCUT2D eigenvalue weighted by atomic mass is 32.2. The summed E-state index contributed by atoms with van der Waals surface area (Å²) in [5.74, 6) is 1.33. The first-order chi connectivity index (χ1) is 12.3. The molecule has 0 atom stereocenters. The first-order valence-corrected chi connectivity index (χ1v) is 9.37. The average Bonchev–Trinajstić information content (AvgIpc) is 2.68. The molecule has 1 fully saturated rings. The van der Waals surface area contributed by atoms with Crippen LogP contribution in [0.1, 0.15) is 24.5 Å². The number of rotatable bonds is 4. The van der Waals surface area contributed by atoms with Gasteiger partial charge in [0.15, 0.2) is 0 Å². The number of methoxy groups -OCH3 is 1. The van der Waals surface area contributed by atoms with E-state index in [1.165, 1.54) is 10.6 Å². The van der Waals surface area contributed by atoms with Gasteiger partial charge in [0.05, 0.1) is 18.3 Å². The molecule has 4 nitrogen and oxygen atoms in total. The van der Waals surface area contributed by atoms with Gasteiger partial charge in [-0.05, 0) is 49.1 Å². The summed E-state index contributed by atoms with van der Waals surface area (Å²) in [6.07, 6.45) is 3.93. The minimum absolute atomic E-state index is 0.492. The van der Waals surface area contributed by atoms with E-state index < -0.39 is 0 Å². The van der Waals surface area contributed by atoms with E-state index in [-0.39, 0.29) is 0 Å². The molecule has 1 aliphatic rings. The third-order valence-electron chi connectivity index (χ3n) is 4.69. The number of benzene rings is 2. The second-order valence-corrected chi connectivity index (χ2v) is 7.42. The van der Waals surface area contributed by atoms with Crippen molar-refractivity contribution in [2.24, 2.45) is 0 Å². The molecule has 1 saturated heterocycles. The summed E-state index contributed by atoms with van der Waals surface area (Å²) in [6, 6.07) is 16.7. The lowest BCUT2D eigenvalue weighted by Crippen LogP contribution is -2.28.